The number of hydrogen-bond acceptors (Lipinski definition) is 3. The molecule has 0 aromatic rings. The molecule has 1 atom stereocenters. The first-order chi connectivity index (χ1) is 10.1. The second-order valence-electron chi connectivity index (χ2n) is 7.12. The molecule has 1 aliphatic heterocycles. The van der Waals surface area contributed by atoms with Crippen molar-refractivity contribution < 1.29 is 0 Å². The van der Waals surface area contributed by atoms with Gasteiger partial charge in [-0.3, -0.25) is 10.2 Å². The summed E-state index contributed by atoms with van der Waals surface area (Å²) >= 11 is 0. The van der Waals surface area contributed by atoms with E-state index in [9.17, 15) is 0 Å². The van der Waals surface area contributed by atoms with Crippen LogP contribution in [0.1, 0.15) is 85.0 Å². The van der Waals surface area contributed by atoms with Crippen molar-refractivity contribution >= 4 is 0 Å². The highest BCUT2D eigenvalue weighted by Crippen LogP contribution is 2.29. The molecule has 0 saturated carbocycles. The van der Waals surface area contributed by atoms with Crippen molar-refractivity contribution in [1.82, 2.24) is 10.2 Å². The van der Waals surface area contributed by atoms with Crippen LogP contribution in [-0.2, 0) is 0 Å². The molecule has 0 aromatic carbocycles. The molecule has 3 nitrogen and oxygen atoms in total. The van der Waals surface area contributed by atoms with Crippen molar-refractivity contribution in [1.29, 1.82) is 0 Å². The van der Waals surface area contributed by atoms with Crippen molar-refractivity contribution in [3.63, 3.8) is 0 Å². The van der Waals surface area contributed by atoms with E-state index in [1.807, 2.05) is 0 Å². The van der Waals surface area contributed by atoms with Crippen molar-refractivity contribution in [2.24, 2.45) is 5.73 Å². The van der Waals surface area contributed by atoms with Crippen LogP contribution in [0, 0.1) is 0 Å². The van der Waals surface area contributed by atoms with Gasteiger partial charge in [0.05, 0.1) is 6.17 Å². The Balaban J connectivity index is 2.49. The lowest BCUT2D eigenvalue weighted by Crippen LogP contribution is -2.61. The van der Waals surface area contributed by atoms with Crippen LogP contribution >= 0.6 is 0 Å². The van der Waals surface area contributed by atoms with Gasteiger partial charge in [0.2, 0.25) is 0 Å². The fourth-order valence-electron chi connectivity index (χ4n) is 3.57. The third kappa shape index (κ3) is 7.12. The first-order valence-corrected chi connectivity index (χ1v) is 9.36. The summed E-state index contributed by atoms with van der Waals surface area (Å²) in [7, 11) is 0. The number of nitrogens with zero attached hydrogens (tertiary/aromatic N) is 1. The minimum Gasteiger partial charge on any atom is -0.315 e. The average molecular weight is 298 g/mol. The molecule has 1 saturated heterocycles. The van der Waals surface area contributed by atoms with Gasteiger partial charge in [0, 0.05) is 25.2 Å². The molecule has 21 heavy (non-hydrogen) atoms. The van der Waals surface area contributed by atoms with Crippen molar-refractivity contribution in [2.45, 2.75) is 96.7 Å². The van der Waals surface area contributed by atoms with Gasteiger partial charge in [0.15, 0.2) is 0 Å². The van der Waals surface area contributed by atoms with Gasteiger partial charge in [-0.15, -0.1) is 0 Å². The highest BCUT2D eigenvalue weighted by atomic mass is 15.3. The predicted octanol–water partition coefficient (Wildman–Crippen LogP) is 3.88. The summed E-state index contributed by atoms with van der Waals surface area (Å²) in [6.45, 7) is 10.3. The van der Waals surface area contributed by atoms with Crippen LogP contribution in [0.5, 0.6) is 0 Å². The van der Waals surface area contributed by atoms with Gasteiger partial charge in [0.25, 0.3) is 0 Å². The Hall–Kier alpha value is -0.120. The molecule has 1 aliphatic rings. The molecule has 1 heterocycles. The Morgan fingerprint density at radius 1 is 1.00 bits per heavy atom. The lowest BCUT2D eigenvalue weighted by molar-refractivity contribution is 0.0515. The first kappa shape index (κ1) is 18.9. The van der Waals surface area contributed by atoms with Gasteiger partial charge in [-0.1, -0.05) is 65.2 Å². The van der Waals surface area contributed by atoms with Crippen molar-refractivity contribution in [3.05, 3.63) is 0 Å². The van der Waals surface area contributed by atoms with Crippen LogP contribution in [0.2, 0.25) is 0 Å². The van der Waals surface area contributed by atoms with Crippen LogP contribution in [-0.4, -0.2) is 36.2 Å². The number of rotatable bonds is 11. The van der Waals surface area contributed by atoms with Gasteiger partial charge >= 0.3 is 0 Å². The van der Waals surface area contributed by atoms with Gasteiger partial charge in [-0.25, -0.2) is 0 Å². The summed E-state index contributed by atoms with van der Waals surface area (Å²) in [5.74, 6) is 0. The minimum absolute atomic E-state index is 0.157. The number of nitrogens with one attached hydrogen (secondary N) is 1. The van der Waals surface area contributed by atoms with Crippen LogP contribution in [0.4, 0.5) is 0 Å². The summed E-state index contributed by atoms with van der Waals surface area (Å²) in [6, 6.07) is 0. The summed E-state index contributed by atoms with van der Waals surface area (Å²) in [6.07, 6.45) is 13.8. The molecule has 0 aromatic heterocycles. The smallest absolute Gasteiger partial charge is 0.0678 e. The Kier molecular flexibility index (Phi) is 9.54. The van der Waals surface area contributed by atoms with Crippen LogP contribution < -0.4 is 11.1 Å². The maximum absolute atomic E-state index is 6.12. The summed E-state index contributed by atoms with van der Waals surface area (Å²) in [4.78, 5) is 2.67. The third-order valence-corrected chi connectivity index (χ3v) is 5.11. The van der Waals surface area contributed by atoms with Crippen LogP contribution in [0.3, 0.4) is 0 Å². The molecule has 126 valence electrons. The highest BCUT2D eigenvalue weighted by molar-refractivity contribution is 4.90. The van der Waals surface area contributed by atoms with E-state index in [-0.39, 0.29) is 6.17 Å². The zero-order valence-corrected chi connectivity index (χ0v) is 14.8. The van der Waals surface area contributed by atoms with Gasteiger partial charge < -0.3 is 5.73 Å². The van der Waals surface area contributed by atoms with E-state index in [1.54, 1.807) is 0 Å². The maximum atomic E-state index is 6.12. The van der Waals surface area contributed by atoms with E-state index in [4.69, 9.17) is 5.73 Å². The molecular weight excluding hydrogens is 258 g/mol. The molecule has 0 spiro atoms. The number of piperazine rings is 1. The fraction of sp³-hybridized carbons (Fsp3) is 1.00. The third-order valence-electron chi connectivity index (χ3n) is 5.11. The molecule has 0 aliphatic carbocycles. The van der Waals surface area contributed by atoms with E-state index in [0.717, 1.165) is 19.6 Å². The first-order valence-electron chi connectivity index (χ1n) is 9.36. The monoisotopic (exact) mass is 297 g/mol. The molecular formula is C18H39N3. The normalized spacial score (nSPS) is 20.9. The Labute approximate surface area is 133 Å². The second kappa shape index (κ2) is 10.6. The minimum atomic E-state index is 0.157. The topological polar surface area (TPSA) is 41.3 Å². The van der Waals surface area contributed by atoms with Gasteiger partial charge in [-0.05, 0) is 19.8 Å². The van der Waals surface area contributed by atoms with E-state index >= 15 is 0 Å². The van der Waals surface area contributed by atoms with E-state index in [0.29, 0.717) is 5.54 Å². The Bertz CT molecular complexity index is 243. The molecule has 0 radical (unpaired) electrons. The number of unbranched alkanes of at least 4 members (excludes halogenated alkanes) is 6. The number of hydrogen-bond donors (Lipinski definition) is 2. The van der Waals surface area contributed by atoms with Crippen molar-refractivity contribution in [3.8, 4) is 0 Å². The molecule has 0 bridgehead atoms. The SMILES string of the molecule is CCCCCCC(C)(CCCCCC)N1CCNC(N)C1. The quantitative estimate of drug-likeness (QED) is 0.569. The Morgan fingerprint density at radius 2 is 1.57 bits per heavy atom. The molecule has 3 heteroatoms. The molecule has 0 amide bonds. The zero-order chi connectivity index (χ0) is 15.6. The molecule has 3 N–H and O–H groups in total. The zero-order valence-electron chi connectivity index (χ0n) is 14.8. The second-order valence-corrected chi connectivity index (χ2v) is 7.12. The highest BCUT2D eigenvalue weighted by Gasteiger charge is 2.33. The predicted molar refractivity (Wildman–Crippen MR) is 93.5 cm³/mol. The summed E-state index contributed by atoms with van der Waals surface area (Å²) < 4.78 is 0. The van der Waals surface area contributed by atoms with Gasteiger partial charge in [-0.2, -0.15) is 0 Å². The van der Waals surface area contributed by atoms with Crippen molar-refractivity contribution in [2.75, 3.05) is 19.6 Å². The standard InChI is InChI=1S/C18H39N3/c1-4-6-8-10-12-18(3,13-11-9-7-5-2)21-15-14-20-17(19)16-21/h17,20H,4-16,19H2,1-3H3. The van der Waals surface area contributed by atoms with Crippen LogP contribution in [0.25, 0.3) is 0 Å². The van der Waals surface area contributed by atoms with E-state index in [1.165, 1.54) is 64.2 Å². The fourth-order valence-corrected chi connectivity index (χ4v) is 3.57. The molecule has 1 rings (SSSR count). The van der Waals surface area contributed by atoms with Gasteiger partial charge in [0.1, 0.15) is 0 Å². The molecule has 1 fully saturated rings. The maximum Gasteiger partial charge on any atom is 0.0678 e. The van der Waals surface area contributed by atoms with E-state index in [2.05, 4.69) is 31.0 Å². The molecule has 1 unspecified atom stereocenters. The van der Waals surface area contributed by atoms with E-state index < -0.39 is 0 Å². The van der Waals surface area contributed by atoms with Crippen LogP contribution in [0.15, 0.2) is 0 Å². The number of nitrogens with two attached hydrogens (primary N) is 1. The summed E-state index contributed by atoms with van der Waals surface area (Å²) in [5, 5.41) is 3.37. The summed E-state index contributed by atoms with van der Waals surface area (Å²) in [5.41, 5.74) is 6.48. The lowest BCUT2D eigenvalue weighted by Gasteiger charge is -2.46. The average Bonchev–Trinajstić information content (AvgIpc) is 2.48. The lowest BCUT2D eigenvalue weighted by atomic mass is 9.85. The Morgan fingerprint density at radius 3 is 2.05 bits per heavy atom. The largest absolute Gasteiger partial charge is 0.315 e.